The molecule has 1 N–H and O–H groups in total. The van der Waals surface area contributed by atoms with E-state index in [1.807, 2.05) is 25.1 Å². The molecule has 1 aliphatic rings. The predicted octanol–water partition coefficient (Wildman–Crippen LogP) is 5.23. The SMILES string of the molecule is Cc1ccc2c(Cl)c(C(=O)Nc3onc4c3CC(C)CC4)sc2c1. The van der Waals surface area contributed by atoms with Gasteiger partial charge in [-0.25, -0.2) is 0 Å². The number of hydrogen-bond donors (Lipinski definition) is 1. The first-order valence-corrected chi connectivity index (χ1v) is 9.20. The van der Waals surface area contributed by atoms with E-state index < -0.39 is 0 Å². The zero-order valence-electron chi connectivity index (χ0n) is 13.5. The van der Waals surface area contributed by atoms with E-state index in [9.17, 15) is 4.79 Å². The molecule has 0 fully saturated rings. The van der Waals surface area contributed by atoms with Gasteiger partial charge in [0, 0.05) is 15.6 Å². The lowest BCUT2D eigenvalue weighted by Crippen LogP contribution is -2.15. The number of aryl methyl sites for hydroxylation is 2. The van der Waals surface area contributed by atoms with Crippen LogP contribution in [0.15, 0.2) is 22.7 Å². The first-order chi connectivity index (χ1) is 11.5. The molecule has 4 nitrogen and oxygen atoms in total. The van der Waals surface area contributed by atoms with Gasteiger partial charge >= 0.3 is 0 Å². The van der Waals surface area contributed by atoms with Crippen molar-refractivity contribution in [3.05, 3.63) is 44.9 Å². The number of fused-ring (bicyclic) bond motifs is 2. The third-order valence-corrected chi connectivity index (χ3v) is 6.17. The van der Waals surface area contributed by atoms with E-state index in [-0.39, 0.29) is 5.91 Å². The molecule has 1 atom stereocenters. The molecule has 24 heavy (non-hydrogen) atoms. The monoisotopic (exact) mass is 360 g/mol. The van der Waals surface area contributed by atoms with Crippen molar-refractivity contribution in [2.24, 2.45) is 5.92 Å². The molecule has 3 aromatic rings. The van der Waals surface area contributed by atoms with Crippen molar-refractivity contribution >= 4 is 44.8 Å². The summed E-state index contributed by atoms with van der Waals surface area (Å²) in [5.74, 6) is 0.797. The fourth-order valence-corrected chi connectivity index (χ4v) is 4.67. The molecule has 124 valence electrons. The average molecular weight is 361 g/mol. The summed E-state index contributed by atoms with van der Waals surface area (Å²) in [4.78, 5) is 13.2. The Labute approximate surface area is 148 Å². The van der Waals surface area contributed by atoms with Gasteiger partial charge in [-0.1, -0.05) is 35.8 Å². The summed E-state index contributed by atoms with van der Waals surface area (Å²) in [6.07, 6.45) is 2.89. The van der Waals surface area contributed by atoms with Crippen molar-refractivity contribution in [2.75, 3.05) is 5.32 Å². The molecule has 4 rings (SSSR count). The highest BCUT2D eigenvalue weighted by molar-refractivity contribution is 7.21. The Kier molecular flexibility index (Phi) is 3.85. The molecule has 2 heterocycles. The third-order valence-electron chi connectivity index (χ3n) is 4.51. The Balaban J connectivity index is 1.66. The fourth-order valence-electron chi connectivity index (χ4n) is 3.16. The Morgan fingerprint density at radius 3 is 3.12 bits per heavy atom. The zero-order valence-corrected chi connectivity index (χ0v) is 15.1. The van der Waals surface area contributed by atoms with Crippen molar-refractivity contribution in [2.45, 2.75) is 33.1 Å². The molecule has 0 bridgehead atoms. The minimum atomic E-state index is -0.240. The van der Waals surface area contributed by atoms with E-state index in [4.69, 9.17) is 16.1 Å². The number of aromatic nitrogens is 1. The number of amides is 1. The molecule has 0 aliphatic heterocycles. The van der Waals surface area contributed by atoms with Crippen LogP contribution in [0.3, 0.4) is 0 Å². The summed E-state index contributed by atoms with van der Waals surface area (Å²) in [6.45, 7) is 4.22. The number of rotatable bonds is 2. The standard InChI is InChI=1S/C18H17ClN2O2S/c1-9-4-6-13-12(7-9)18(23-21-13)20-17(22)16-15(19)11-5-3-10(2)8-14(11)24-16/h3,5,8-9H,4,6-7H2,1-2H3,(H,20,22). The molecule has 0 saturated carbocycles. The molecule has 1 aromatic carbocycles. The number of carbonyl (C=O) groups is 1. The lowest BCUT2D eigenvalue weighted by molar-refractivity contribution is 0.102. The molecule has 0 radical (unpaired) electrons. The van der Waals surface area contributed by atoms with Crippen LogP contribution in [-0.2, 0) is 12.8 Å². The largest absolute Gasteiger partial charge is 0.338 e. The normalized spacial score (nSPS) is 17.0. The molecule has 1 amide bonds. The first-order valence-electron chi connectivity index (χ1n) is 8.00. The van der Waals surface area contributed by atoms with Crippen molar-refractivity contribution in [1.29, 1.82) is 0 Å². The minimum Gasteiger partial charge on any atom is -0.338 e. The molecule has 1 aliphatic carbocycles. The van der Waals surface area contributed by atoms with Crippen molar-refractivity contribution in [3.63, 3.8) is 0 Å². The van der Waals surface area contributed by atoms with Gasteiger partial charge in [-0.2, -0.15) is 0 Å². The van der Waals surface area contributed by atoms with E-state index in [0.29, 0.717) is 21.7 Å². The highest BCUT2D eigenvalue weighted by atomic mass is 35.5. The zero-order chi connectivity index (χ0) is 16.8. The van der Waals surface area contributed by atoms with Crippen LogP contribution in [0.5, 0.6) is 0 Å². The second-order valence-corrected chi connectivity index (χ2v) is 7.91. The first kappa shape index (κ1) is 15.7. The Morgan fingerprint density at radius 2 is 2.29 bits per heavy atom. The second-order valence-electron chi connectivity index (χ2n) is 6.48. The number of halogens is 1. The van der Waals surface area contributed by atoms with Crippen LogP contribution >= 0.6 is 22.9 Å². The highest BCUT2D eigenvalue weighted by Crippen LogP contribution is 2.37. The van der Waals surface area contributed by atoms with Crippen LogP contribution in [0.2, 0.25) is 5.02 Å². The summed E-state index contributed by atoms with van der Waals surface area (Å²) >= 11 is 7.81. The van der Waals surface area contributed by atoms with Crippen LogP contribution in [0.4, 0.5) is 5.88 Å². The third kappa shape index (κ3) is 2.62. The minimum absolute atomic E-state index is 0.240. The number of nitrogens with zero attached hydrogens (tertiary/aromatic N) is 1. The van der Waals surface area contributed by atoms with E-state index in [2.05, 4.69) is 17.4 Å². The Hall–Kier alpha value is -1.85. The molecular weight excluding hydrogens is 344 g/mol. The van der Waals surface area contributed by atoms with E-state index in [0.717, 1.165) is 46.2 Å². The highest BCUT2D eigenvalue weighted by Gasteiger charge is 2.26. The maximum Gasteiger partial charge on any atom is 0.269 e. The van der Waals surface area contributed by atoms with Gasteiger partial charge in [0.2, 0.25) is 5.88 Å². The van der Waals surface area contributed by atoms with Gasteiger partial charge in [-0.15, -0.1) is 11.3 Å². The van der Waals surface area contributed by atoms with Gasteiger partial charge in [-0.3, -0.25) is 10.1 Å². The van der Waals surface area contributed by atoms with Crippen LogP contribution in [0.25, 0.3) is 10.1 Å². The van der Waals surface area contributed by atoms with Crippen LogP contribution in [0, 0.1) is 12.8 Å². The number of benzene rings is 1. The van der Waals surface area contributed by atoms with Crippen molar-refractivity contribution in [3.8, 4) is 0 Å². The van der Waals surface area contributed by atoms with Gasteiger partial charge in [0.15, 0.2) is 0 Å². The van der Waals surface area contributed by atoms with Crippen LogP contribution in [-0.4, -0.2) is 11.1 Å². The van der Waals surface area contributed by atoms with Gasteiger partial charge in [-0.05, 0) is 43.7 Å². The molecule has 0 saturated heterocycles. The number of hydrogen-bond acceptors (Lipinski definition) is 4. The summed E-state index contributed by atoms with van der Waals surface area (Å²) in [5, 5.41) is 8.36. The molecule has 1 unspecified atom stereocenters. The Morgan fingerprint density at radius 1 is 1.46 bits per heavy atom. The summed E-state index contributed by atoms with van der Waals surface area (Å²) in [5.41, 5.74) is 3.13. The molecular formula is C18H17ClN2O2S. The van der Waals surface area contributed by atoms with Gasteiger partial charge in [0.25, 0.3) is 5.91 Å². The molecule has 6 heteroatoms. The lowest BCUT2D eigenvalue weighted by atomic mass is 9.89. The summed E-state index contributed by atoms with van der Waals surface area (Å²) in [6, 6.07) is 6.00. The van der Waals surface area contributed by atoms with Crippen LogP contribution in [0.1, 0.15) is 39.8 Å². The Bertz CT molecular complexity index is 944. The smallest absolute Gasteiger partial charge is 0.269 e. The van der Waals surface area contributed by atoms with Crippen LogP contribution < -0.4 is 5.32 Å². The van der Waals surface area contributed by atoms with E-state index >= 15 is 0 Å². The summed E-state index contributed by atoms with van der Waals surface area (Å²) in [7, 11) is 0. The number of anilines is 1. The second kappa shape index (κ2) is 5.90. The van der Waals surface area contributed by atoms with E-state index in [1.165, 1.54) is 11.3 Å². The topological polar surface area (TPSA) is 55.1 Å². The molecule has 2 aromatic heterocycles. The quantitative estimate of drug-likeness (QED) is 0.680. The van der Waals surface area contributed by atoms with Gasteiger partial charge in [0.05, 0.1) is 10.7 Å². The van der Waals surface area contributed by atoms with Crippen molar-refractivity contribution < 1.29 is 9.32 Å². The van der Waals surface area contributed by atoms with E-state index in [1.54, 1.807) is 0 Å². The lowest BCUT2D eigenvalue weighted by Gasteiger charge is -2.16. The predicted molar refractivity (Wildman–Crippen MR) is 97.2 cm³/mol. The van der Waals surface area contributed by atoms with Gasteiger partial charge < -0.3 is 4.52 Å². The molecule has 0 spiro atoms. The number of nitrogens with one attached hydrogen (secondary N) is 1. The van der Waals surface area contributed by atoms with Gasteiger partial charge in [0.1, 0.15) is 4.88 Å². The number of thiophene rings is 1. The fraction of sp³-hybridized carbons (Fsp3) is 0.333. The summed E-state index contributed by atoms with van der Waals surface area (Å²) < 4.78 is 6.38. The number of carbonyl (C=O) groups excluding carboxylic acids is 1. The maximum absolute atomic E-state index is 12.7. The average Bonchev–Trinajstić information content (AvgIpc) is 3.08. The van der Waals surface area contributed by atoms with Crippen molar-refractivity contribution in [1.82, 2.24) is 5.16 Å². The maximum atomic E-state index is 12.7.